The first-order valence-corrected chi connectivity index (χ1v) is 9.70. The van der Waals surface area contributed by atoms with Crippen LogP contribution in [0, 0.1) is 6.57 Å². The Balaban J connectivity index is 1.70. The van der Waals surface area contributed by atoms with Crippen LogP contribution in [0.2, 0.25) is 0 Å². The van der Waals surface area contributed by atoms with Crippen LogP contribution < -0.4 is 0 Å². The maximum atomic E-state index is 7.09. The fourth-order valence-corrected chi connectivity index (χ4v) is 2.89. The summed E-state index contributed by atoms with van der Waals surface area (Å²) in [5.74, 6) is 2.10. The van der Waals surface area contributed by atoms with Crippen LogP contribution in [-0.2, 0) is 10.8 Å². The van der Waals surface area contributed by atoms with E-state index in [4.69, 9.17) is 16.5 Å². The zero-order valence-corrected chi connectivity index (χ0v) is 18.0. The molecule has 0 aliphatic heterocycles. The molecule has 156 valence electrons. The molecular weight excluding hydrogens is 392 g/mol. The number of nitrogens with zero attached hydrogens (tertiary/aromatic N) is 9. The average Bonchev–Trinajstić information content (AvgIpc) is 3.44. The average molecular weight is 414 g/mol. The Hall–Kier alpha value is -4.00. The highest BCUT2D eigenvalue weighted by Crippen LogP contribution is 2.30. The van der Waals surface area contributed by atoms with E-state index in [-0.39, 0.29) is 5.41 Å². The number of aromatic amines is 1. The van der Waals surface area contributed by atoms with E-state index in [1.165, 1.54) is 4.68 Å². The summed E-state index contributed by atoms with van der Waals surface area (Å²) in [6, 6.07) is 1.63. The molecule has 0 radical (unpaired) electrons. The van der Waals surface area contributed by atoms with E-state index in [1.807, 2.05) is 13.8 Å². The summed E-state index contributed by atoms with van der Waals surface area (Å²) in [7, 11) is 0. The first kappa shape index (κ1) is 20.3. The second kappa shape index (κ2) is 7.36. The molecule has 0 atom stereocenters. The Bertz CT molecular complexity index is 1270. The van der Waals surface area contributed by atoms with Crippen LogP contribution >= 0.6 is 0 Å². The molecule has 0 bridgehead atoms. The van der Waals surface area contributed by atoms with Crippen molar-refractivity contribution in [2.24, 2.45) is 0 Å². The molecular formula is C21H22N10. The standard InChI is InChI=1S/C21H22N10/c1-20(2,3)19-27-18(28-29-19)13-9-23-10-14(25-13)21(4,5)15-11-24-12-17(26-15)31-8-7-16(22-6)30-31/h7-12H,1-5H3,(H,27,28,29). The van der Waals surface area contributed by atoms with Crippen molar-refractivity contribution in [2.75, 3.05) is 0 Å². The zero-order chi connectivity index (χ0) is 22.2. The Morgan fingerprint density at radius 3 is 2.29 bits per heavy atom. The molecule has 0 unspecified atom stereocenters. The molecule has 10 nitrogen and oxygen atoms in total. The molecule has 0 aromatic carbocycles. The van der Waals surface area contributed by atoms with Gasteiger partial charge in [0, 0.05) is 24.0 Å². The minimum absolute atomic E-state index is 0.148. The number of hydrogen-bond donors (Lipinski definition) is 1. The van der Waals surface area contributed by atoms with Crippen molar-refractivity contribution >= 4 is 5.82 Å². The topological polar surface area (TPSA) is 115 Å². The first-order chi connectivity index (χ1) is 14.7. The highest BCUT2D eigenvalue weighted by molar-refractivity contribution is 5.48. The molecule has 0 amide bonds. The molecule has 0 saturated carbocycles. The van der Waals surface area contributed by atoms with Crippen molar-refractivity contribution in [3.63, 3.8) is 0 Å². The second-order valence-electron chi connectivity index (χ2n) is 8.67. The van der Waals surface area contributed by atoms with Crippen LogP contribution in [0.4, 0.5) is 5.82 Å². The SMILES string of the molecule is [C-]#[N+]c1ccn(-c2cncc(C(C)(C)c3cncc(-c4n[nH]c(C(C)(C)C)n4)n3)n2)n1. The van der Waals surface area contributed by atoms with E-state index in [0.29, 0.717) is 34.5 Å². The normalized spacial score (nSPS) is 12.0. The summed E-state index contributed by atoms with van der Waals surface area (Å²) in [6.07, 6.45) is 8.34. The van der Waals surface area contributed by atoms with Crippen molar-refractivity contribution < 1.29 is 0 Å². The van der Waals surface area contributed by atoms with E-state index in [0.717, 1.165) is 5.82 Å². The van der Waals surface area contributed by atoms with Gasteiger partial charge in [0.15, 0.2) is 5.82 Å². The number of aromatic nitrogens is 9. The van der Waals surface area contributed by atoms with Gasteiger partial charge in [0.2, 0.25) is 5.82 Å². The van der Waals surface area contributed by atoms with Crippen LogP contribution in [0.5, 0.6) is 0 Å². The maximum absolute atomic E-state index is 7.09. The lowest BCUT2D eigenvalue weighted by atomic mass is 9.86. The molecule has 0 fully saturated rings. The van der Waals surface area contributed by atoms with Crippen molar-refractivity contribution in [2.45, 2.75) is 45.4 Å². The second-order valence-corrected chi connectivity index (χ2v) is 8.67. The fourth-order valence-electron chi connectivity index (χ4n) is 2.89. The third-order valence-corrected chi connectivity index (χ3v) is 4.89. The van der Waals surface area contributed by atoms with E-state index < -0.39 is 5.41 Å². The first-order valence-electron chi connectivity index (χ1n) is 9.70. The lowest BCUT2D eigenvalue weighted by Crippen LogP contribution is -2.24. The predicted molar refractivity (Wildman–Crippen MR) is 114 cm³/mol. The van der Waals surface area contributed by atoms with Crippen LogP contribution in [0.15, 0.2) is 37.1 Å². The molecule has 31 heavy (non-hydrogen) atoms. The van der Waals surface area contributed by atoms with Crippen LogP contribution in [0.3, 0.4) is 0 Å². The van der Waals surface area contributed by atoms with Gasteiger partial charge in [0.25, 0.3) is 5.82 Å². The number of hydrogen-bond acceptors (Lipinski definition) is 7. The van der Waals surface area contributed by atoms with Gasteiger partial charge in [-0.2, -0.15) is 5.10 Å². The van der Waals surface area contributed by atoms with Gasteiger partial charge in [0.05, 0.1) is 29.2 Å². The third kappa shape index (κ3) is 3.90. The lowest BCUT2D eigenvalue weighted by molar-refractivity contribution is 0.548. The highest BCUT2D eigenvalue weighted by atomic mass is 15.3. The maximum Gasteiger partial charge on any atom is 0.295 e. The Labute approximate surface area is 179 Å². The van der Waals surface area contributed by atoms with Crippen LogP contribution in [-0.4, -0.2) is 44.9 Å². The lowest BCUT2D eigenvalue weighted by Gasteiger charge is -2.23. The number of H-pyrrole nitrogens is 1. The van der Waals surface area contributed by atoms with Crippen molar-refractivity contribution in [3.05, 3.63) is 65.7 Å². The molecule has 0 spiro atoms. The molecule has 4 rings (SSSR count). The predicted octanol–water partition coefficient (Wildman–Crippen LogP) is 3.41. The zero-order valence-electron chi connectivity index (χ0n) is 18.0. The van der Waals surface area contributed by atoms with Crippen LogP contribution in [0.25, 0.3) is 22.2 Å². The van der Waals surface area contributed by atoms with Crippen molar-refractivity contribution in [1.82, 2.24) is 44.9 Å². The van der Waals surface area contributed by atoms with Gasteiger partial charge in [-0.15, -0.1) is 4.68 Å². The quantitative estimate of drug-likeness (QED) is 0.509. The monoisotopic (exact) mass is 414 g/mol. The van der Waals surface area contributed by atoms with Gasteiger partial charge < -0.3 is 4.85 Å². The van der Waals surface area contributed by atoms with E-state index >= 15 is 0 Å². The summed E-state index contributed by atoms with van der Waals surface area (Å²) in [6.45, 7) is 17.3. The van der Waals surface area contributed by atoms with Crippen molar-refractivity contribution in [3.8, 4) is 17.3 Å². The molecule has 4 aromatic rings. The molecule has 4 aromatic heterocycles. The summed E-state index contributed by atoms with van der Waals surface area (Å²) in [5.41, 5.74) is 1.24. The minimum atomic E-state index is -0.592. The summed E-state index contributed by atoms with van der Waals surface area (Å²) in [5, 5.41) is 11.5. The third-order valence-electron chi connectivity index (χ3n) is 4.89. The number of rotatable bonds is 4. The Morgan fingerprint density at radius 2 is 1.65 bits per heavy atom. The number of nitrogens with one attached hydrogen (secondary N) is 1. The smallest absolute Gasteiger partial charge is 0.295 e. The van der Waals surface area contributed by atoms with Gasteiger partial charge in [-0.1, -0.05) is 27.3 Å². The molecule has 4 heterocycles. The fraction of sp³-hybridized carbons (Fsp3) is 0.333. The summed E-state index contributed by atoms with van der Waals surface area (Å²) >= 11 is 0. The van der Waals surface area contributed by atoms with Crippen LogP contribution in [0.1, 0.15) is 51.8 Å². The molecule has 0 aliphatic carbocycles. The van der Waals surface area contributed by atoms with E-state index in [2.05, 4.69) is 55.9 Å². The molecule has 1 N–H and O–H groups in total. The van der Waals surface area contributed by atoms with Crippen molar-refractivity contribution in [1.29, 1.82) is 0 Å². The van der Waals surface area contributed by atoms with E-state index in [9.17, 15) is 0 Å². The van der Waals surface area contributed by atoms with Gasteiger partial charge in [-0.3, -0.25) is 15.1 Å². The van der Waals surface area contributed by atoms with Gasteiger partial charge >= 0.3 is 0 Å². The summed E-state index contributed by atoms with van der Waals surface area (Å²) in [4.78, 5) is 26.1. The van der Waals surface area contributed by atoms with Gasteiger partial charge in [0.1, 0.15) is 11.5 Å². The molecule has 10 heteroatoms. The Morgan fingerprint density at radius 1 is 0.935 bits per heavy atom. The largest absolute Gasteiger partial charge is 0.359 e. The molecule has 0 saturated heterocycles. The minimum Gasteiger partial charge on any atom is -0.359 e. The van der Waals surface area contributed by atoms with Gasteiger partial charge in [-0.05, 0) is 25.0 Å². The van der Waals surface area contributed by atoms with E-state index in [1.54, 1.807) is 37.1 Å². The Kier molecular flexibility index (Phi) is 4.81. The highest BCUT2D eigenvalue weighted by Gasteiger charge is 2.29. The molecule has 0 aliphatic rings. The summed E-state index contributed by atoms with van der Waals surface area (Å²) < 4.78 is 1.53. The van der Waals surface area contributed by atoms with Gasteiger partial charge in [-0.25, -0.2) is 15.0 Å².